The lowest BCUT2D eigenvalue weighted by atomic mass is 10.1. The highest BCUT2D eigenvalue weighted by atomic mass is 32.2. The Bertz CT molecular complexity index is 881. The van der Waals surface area contributed by atoms with E-state index >= 15 is 0 Å². The van der Waals surface area contributed by atoms with Gasteiger partial charge in [-0.3, -0.25) is 9.59 Å². The molecular formula is C20H22N2O5S. The molecule has 0 saturated carbocycles. The third kappa shape index (κ3) is 4.22. The number of thioether (sulfide) groups is 1. The molecule has 2 heterocycles. The zero-order valence-electron chi connectivity index (χ0n) is 15.9. The Morgan fingerprint density at radius 3 is 2.71 bits per heavy atom. The van der Waals surface area contributed by atoms with Crippen LogP contribution in [0.4, 0.5) is 5.69 Å². The van der Waals surface area contributed by atoms with Gasteiger partial charge in [-0.1, -0.05) is 12.1 Å². The predicted molar refractivity (Wildman–Crippen MR) is 106 cm³/mol. The lowest BCUT2D eigenvalue weighted by Crippen LogP contribution is -2.43. The third-order valence-corrected chi connectivity index (χ3v) is 5.93. The number of furan rings is 1. The SMILES string of the molecule is CC(=O)N1[C@H](C(=O)OCC(=O)Nc2cccc(C)c2C)CS[C@H]1c1ccco1. The zero-order chi connectivity index (χ0) is 20.3. The van der Waals surface area contributed by atoms with Gasteiger partial charge in [0.15, 0.2) is 6.61 Å². The van der Waals surface area contributed by atoms with Crippen LogP contribution in [0.25, 0.3) is 0 Å². The van der Waals surface area contributed by atoms with E-state index in [9.17, 15) is 14.4 Å². The number of ether oxygens (including phenoxy) is 1. The largest absolute Gasteiger partial charge is 0.466 e. The summed E-state index contributed by atoms with van der Waals surface area (Å²) in [6, 6.07) is 8.33. The van der Waals surface area contributed by atoms with Gasteiger partial charge in [-0.25, -0.2) is 4.79 Å². The molecule has 0 bridgehead atoms. The maximum atomic E-state index is 12.5. The Kier molecular flexibility index (Phi) is 6.08. The average Bonchev–Trinajstić information content (AvgIpc) is 3.32. The first-order valence-electron chi connectivity index (χ1n) is 8.85. The number of hydrogen-bond donors (Lipinski definition) is 1. The fourth-order valence-corrected chi connectivity index (χ4v) is 4.44. The topological polar surface area (TPSA) is 88.8 Å². The molecule has 1 aromatic carbocycles. The van der Waals surface area contributed by atoms with Crippen LogP contribution in [0.5, 0.6) is 0 Å². The van der Waals surface area contributed by atoms with Crippen molar-refractivity contribution in [2.45, 2.75) is 32.2 Å². The van der Waals surface area contributed by atoms with Crippen molar-refractivity contribution in [3.8, 4) is 0 Å². The molecule has 2 aromatic rings. The van der Waals surface area contributed by atoms with Gasteiger partial charge in [0.05, 0.1) is 6.26 Å². The van der Waals surface area contributed by atoms with Crippen molar-refractivity contribution in [1.29, 1.82) is 0 Å². The van der Waals surface area contributed by atoms with Gasteiger partial charge in [0, 0.05) is 18.4 Å². The van der Waals surface area contributed by atoms with Crippen LogP contribution in [0.1, 0.15) is 29.2 Å². The van der Waals surface area contributed by atoms with Gasteiger partial charge in [0.2, 0.25) is 5.91 Å². The summed E-state index contributed by atoms with van der Waals surface area (Å²) in [6.45, 7) is 4.85. The highest BCUT2D eigenvalue weighted by Crippen LogP contribution is 2.41. The van der Waals surface area contributed by atoms with Gasteiger partial charge >= 0.3 is 5.97 Å². The van der Waals surface area contributed by atoms with Crippen molar-refractivity contribution in [3.63, 3.8) is 0 Å². The van der Waals surface area contributed by atoms with Gasteiger partial charge in [-0.15, -0.1) is 11.8 Å². The molecule has 0 radical (unpaired) electrons. The summed E-state index contributed by atoms with van der Waals surface area (Å²) >= 11 is 1.42. The van der Waals surface area contributed by atoms with Gasteiger partial charge in [0.25, 0.3) is 5.91 Å². The molecule has 1 fully saturated rings. The van der Waals surface area contributed by atoms with E-state index in [1.54, 1.807) is 18.2 Å². The standard InChI is InChI=1S/C20H22N2O5S/c1-12-6-4-7-15(13(12)2)21-18(24)10-27-20(25)16-11-28-19(22(16)14(3)23)17-8-5-9-26-17/h4-9,16,19H,10-11H2,1-3H3,(H,21,24)/t16-,19-/m0/s1. The Hall–Kier alpha value is -2.74. The Balaban J connectivity index is 1.60. The monoisotopic (exact) mass is 402 g/mol. The maximum absolute atomic E-state index is 12.5. The van der Waals surface area contributed by atoms with E-state index in [4.69, 9.17) is 9.15 Å². The van der Waals surface area contributed by atoms with Crippen LogP contribution in [0.2, 0.25) is 0 Å². The molecule has 0 unspecified atom stereocenters. The number of nitrogens with zero attached hydrogens (tertiary/aromatic N) is 1. The molecule has 148 valence electrons. The molecule has 8 heteroatoms. The first kappa shape index (κ1) is 20.0. The molecule has 1 aromatic heterocycles. The van der Waals surface area contributed by atoms with Crippen LogP contribution in [0.3, 0.4) is 0 Å². The molecule has 1 aliphatic heterocycles. The fraction of sp³-hybridized carbons (Fsp3) is 0.350. The van der Waals surface area contributed by atoms with E-state index in [-0.39, 0.29) is 11.3 Å². The molecule has 0 spiro atoms. The zero-order valence-corrected chi connectivity index (χ0v) is 16.7. The second kappa shape index (κ2) is 8.52. The first-order valence-corrected chi connectivity index (χ1v) is 9.90. The molecule has 7 nitrogen and oxygen atoms in total. The Labute approximate surface area is 167 Å². The van der Waals surface area contributed by atoms with E-state index in [1.807, 2.05) is 26.0 Å². The Morgan fingerprint density at radius 2 is 2.04 bits per heavy atom. The molecule has 3 rings (SSSR count). The fourth-order valence-electron chi connectivity index (χ4n) is 3.03. The number of aryl methyl sites for hydroxylation is 1. The van der Waals surface area contributed by atoms with Crippen LogP contribution < -0.4 is 5.32 Å². The number of carbonyl (C=O) groups excluding carboxylic acids is 3. The van der Waals surface area contributed by atoms with Crippen molar-refractivity contribution >= 4 is 35.2 Å². The number of rotatable bonds is 5. The predicted octanol–water partition coefficient (Wildman–Crippen LogP) is 3.04. The molecule has 2 amide bonds. The number of esters is 1. The van der Waals surface area contributed by atoms with Crippen LogP contribution in [-0.2, 0) is 19.1 Å². The summed E-state index contributed by atoms with van der Waals surface area (Å²) < 4.78 is 10.6. The minimum absolute atomic E-state index is 0.256. The van der Waals surface area contributed by atoms with Crippen molar-refractivity contribution < 1.29 is 23.5 Å². The first-order chi connectivity index (χ1) is 13.4. The summed E-state index contributed by atoms with van der Waals surface area (Å²) in [5, 5.41) is 2.36. The van der Waals surface area contributed by atoms with Gasteiger partial charge in [-0.2, -0.15) is 0 Å². The normalized spacial score (nSPS) is 18.8. The summed E-state index contributed by atoms with van der Waals surface area (Å²) in [7, 11) is 0. The average molecular weight is 402 g/mol. The van der Waals surface area contributed by atoms with Crippen LogP contribution >= 0.6 is 11.8 Å². The van der Waals surface area contributed by atoms with Crippen molar-refractivity contribution in [2.24, 2.45) is 0 Å². The molecular weight excluding hydrogens is 380 g/mol. The van der Waals surface area contributed by atoms with E-state index in [0.717, 1.165) is 11.1 Å². The van der Waals surface area contributed by atoms with Gasteiger partial charge in [-0.05, 0) is 43.2 Å². The second-order valence-electron chi connectivity index (χ2n) is 6.55. The molecule has 0 aliphatic carbocycles. The van der Waals surface area contributed by atoms with E-state index in [0.29, 0.717) is 17.2 Å². The lowest BCUT2D eigenvalue weighted by Gasteiger charge is -2.25. The quantitative estimate of drug-likeness (QED) is 0.774. The maximum Gasteiger partial charge on any atom is 0.330 e. The number of benzene rings is 1. The third-order valence-electron chi connectivity index (χ3n) is 4.65. The van der Waals surface area contributed by atoms with Crippen molar-refractivity contribution in [3.05, 3.63) is 53.5 Å². The lowest BCUT2D eigenvalue weighted by molar-refractivity contribution is -0.155. The van der Waals surface area contributed by atoms with Crippen LogP contribution in [-0.4, -0.2) is 41.1 Å². The summed E-state index contributed by atoms with van der Waals surface area (Å²) in [5.41, 5.74) is 2.69. The van der Waals surface area contributed by atoms with Crippen molar-refractivity contribution in [2.75, 3.05) is 17.7 Å². The molecule has 1 aliphatic rings. The highest BCUT2D eigenvalue weighted by Gasteiger charge is 2.43. The smallest absolute Gasteiger partial charge is 0.330 e. The van der Waals surface area contributed by atoms with Gasteiger partial charge in [0.1, 0.15) is 17.2 Å². The molecule has 1 N–H and O–H groups in total. The molecule has 28 heavy (non-hydrogen) atoms. The summed E-state index contributed by atoms with van der Waals surface area (Å²) in [6.07, 6.45) is 1.53. The van der Waals surface area contributed by atoms with Crippen LogP contribution in [0, 0.1) is 13.8 Å². The summed E-state index contributed by atoms with van der Waals surface area (Å²) in [4.78, 5) is 38.2. The van der Waals surface area contributed by atoms with E-state index in [2.05, 4.69) is 5.32 Å². The Morgan fingerprint density at radius 1 is 1.25 bits per heavy atom. The number of nitrogens with one attached hydrogen (secondary N) is 1. The number of amides is 2. The summed E-state index contributed by atoms with van der Waals surface area (Å²) in [5.74, 6) is -0.309. The second-order valence-corrected chi connectivity index (χ2v) is 7.66. The number of anilines is 1. The van der Waals surface area contributed by atoms with Crippen molar-refractivity contribution in [1.82, 2.24) is 4.90 Å². The minimum atomic E-state index is -0.758. The van der Waals surface area contributed by atoms with Gasteiger partial charge < -0.3 is 19.4 Å². The molecule has 1 saturated heterocycles. The van der Waals surface area contributed by atoms with E-state index < -0.39 is 24.5 Å². The van der Waals surface area contributed by atoms with Crippen LogP contribution in [0.15, 0.2) is 41.0 Å². The van der Waals surface area contributed by atoms with E-state index in [1.165, 1.54) is 29.8 Å². The number of hydrogen-bond acceptors (Lipinski definition) is 6. The highest BCUT2D eigenvalue weighted by molar-refractivity contribution is 7.99. The number of carbonyl (C=O) groups is 3. The molecule has 2 atom stereocenters. The minimum Gasteiger partial charge on any atom is -0.466 e.